The number of carbonyl (C=O) groups excluding carboxylic acids is 1. The van der Waals surface area contributed by atoms with Crippen LogP contribution in [-0.2, 0) is 0 Å². The van der Waals surface area contributed by atoms with Crippen LogP contribution in [0, 0.1) is 11.6 Å². The van der Waals surface area contributed by atoms with Gasteiger partial charge in [-0.1, -0.05) is 6.92 Å². The Morgan fingerprint density at radius 1 is 1.35 bits per heavy atom. The highest BCUT2D eigenvalue weighted by Gasteiger charge is 2.22. The third-order valence-corrected chi connectivity index (χ3v) is 3.18. The van der Waals surface area contributed by atoms with E-state index in [1.54, 1.807) is 0 Å². The highest BCUT2D eigenvalue weighted by atomic mass is 19.1. The second kappa shape index (κ2) is 6.95. The molecule has 5 nitrogen and oxygen atoms in total. The summed E-state index contributed by atoms with van der Waals surface area (Å²) >= 11 is 0. The van der Waals surface area contributed by atoms with Crippen molar-refractivity contribution >= 4 is 11.9 Å². The van der Waals surface area contributed by atoms with E-state index in [4.69, 9.17) is 10.5 Å². The van der Waals surface area contributed by atoms with Gasteiger partial charge in [0.05, 0.1) is 23.9 Å². The Morgan fingerprint density at radius 3 is 2.74 bits per heavy atom. The Bertz CT molecular complexity index is 776. The van der Waals surface area contributed by atoms with Crippen molar-refractivity contribution < 1.29 is 18.3 Å². The SMILES string of the molecule is CCC(N)=Cc1ncncc1C(=O)c1cc(F)cc(F)c1OC. The molecule has 0 unspecified atom stereocenters. The molecule has 0 spiro atoms. The van der Waals surface area contributed by atoms with Crippen molar-refractivity contribution in [3.05, 3.63) is 58.8 Å². The lowest BCUT2D eigenvalue weighted by Crippen LogP contribution is -2.10. The molecule has 2 rings (SSSR count). The molecule has 0 aliphatic heterocycles. The van der Waals surface area contributed by atoms with Crippen molar-refractivity contribution in [1.29, 1.82) is 0 Å². The number of ketones is 1. The van der Waals surface area contributed by atoms with Gasteiger partial charge in [0.2, 0.25) is 5.78 Å². The van der Waals surface area contributed by atoms with E-state index in [-0.39, 0.29) is 22.6 Å². The molecule has 1 aromatic carbocycles. The van der Waals surface area contributed by atoms with Gasteiger partial charge >= 0.3 is 0 Å². The number of hydrogen-bond donors (Lipinski definition) is 1. The fraction of sp³-hybridized carbons (Fsp3) is 0.188. The number of carbonyl (C=O) groups is 1. The average molecular weight is 319 g/mol. The summed E-state index contributed by atoms with van der Waals surface area (Å²) in [4.78, 5) is 20.4. The van der Waals surface area contributed by atoms with Gasteiger partial charge in [-0.15, -0.1) is 0 Å². The van der Waals surface area contributed by atoms with Gasteiger partial charge < -0.3 is 10.5 Å². The van der Waals surface area contributed by atoms with Crippen molar-refractivity contribution in [2.24, 2.45) is 5.73 Å². The molecule has 0 saturated carbocycles. The zero-order valence-corrected chi connectivity index (χ0v) is 12.6. The number of nitrogens with two attached hydrogens (primary N) is 1. The van der Waals surface area contributed by atoms with E-state index in [9.17, 15) is 13.6 Å². The Morgan fingerprint density at radius 2 is 2.09 bits per heavy atom. The summed E-state index contributed by atoms with van der Waals surface area (Å²) in [5.41, 5.74) is 6.38. The Balaban J connectivity index is 2.59. The smallest absolute Gasteiger partial charge is 0.200 e. The Hall–Kier alpha value is -2.83. The molecule has 1 heterocycles. The minimum Gasteiger partial charge on any atom is -0.493 e. The van der Waals surface area contributed by atoms with E-state index in [1.165, 1.54) is 25.7 Å². The highest BCUT2D eigenvalue weighted by Crippen LogP contribution is 2.27. The number of benzene rings is 1. The molecule has 2 N–H and O–H groups in total. The van der Waals surface area contributed by atoms with Crippen molar-refractivity contribution in [3.8, 4) is 5.75 Å². The van der Waals surface area contributed by atoms with Gasteiger partial charge in [-0.2, -0.15) is 0 Å². The molecule has 0 fully saturated rings. The Kier molecular flexibility index (Phi) is 5.00. The summed E-state index contributed by atoms with van der Waals surface area (Å²) in [6.07, 6.45) is 4.62. The van der Waals surface area contributed by atoms with Gasteiger partial charge in [-0.25, -0.2) is 18.7 Å². The zero-order chi connectivity index (χ0) is 17.0. The first-order valence-electron chi connectivity index (χ1n) is 6.81. The first-order valence-corrected chi connectivity index (χ1v) is 6.81. The van der Waals surface area contributed by atoms with Crippen molar-refractivity contribution in [2.75, 3.05) is 7.11 Å². The number of methoxy groups -OCH3 is 1. The van der Waals surface area contributed by atoms with Gasteiger partial charge in [0.15, 0.2) is 11.6 Å². The zero-order valence-electron chi connectivity index (χ0n) is 12.6. The first kappa shape index (κ1) is 16.5. The van der Waals surface area contributed by atoms with E-state index >= 15 is 0 Å². The molecule has 23 heavy (non-hydrogen) atoms. The molecule has 7 heteroatoms. The average Bonchev–Trinajstić information content (AvgIpc) is 2.54. The predicted molar refractivity (Wildman–Crippen MR) is 80.8 cm³/mol. The van der Waals surface area contributed by atoms with Gasteiger partial charge in [0.25, 0.3) is 0 Å². The lowest BCUT2D eigenvalue weighted by atomic mass is 10.0. The maximum Gasteiger partial charge on any atom is 0.200 e. The van der Waals surface area contributed by atoms with Crippen LogP contribution in [0.2, 0.25) is 0 Å². The summed E-state index contributed by atoms with van der Waals surface area (Å²) in [5.74, 6) is -2.83. The molecule has 0 saturated heterocycles. The quantitative estimate of drug-likeness (QED) is 0.857. The number of ether oxygens (including phenoxy) is 1. The molecular formula is C16H15F2N3O2. The van der Waals surface area contributed by atoms with Crippen molar-refractivity contribution in [1.82, 2.24) is 9.97 Å². The molecule has 0 bridgehead atoms. The number of nitrogens with zero attached hydrogens (tertiary/aromatic N) is 2. The van der Waals surface area contributed by atoms with Crippen molar-refractivity contribution in [2.45, 2.75) is 13.3 Å². The second-order valence-corrected chi connectivity index (χ2v) is 4.69. The third-order valence-electron chi connectivity index (χ3n) is 3.18. The molecule has 0 atom stereocenters. The number of allylic oxidation sites excluding steroid dienone is 1. The van der Waals surface area contributed by atoms with E-state index in [0.29, 0.717) is 18.2 Å². The number of rotatable bonds is 5. The molecule has 0 radical (unpaired) electrons. The lowest BCUT2D eigenvalue weighted by Gasteiger charge is -2.10. The molecular weight excluding hydrogens is 304 g/mol. The molecule has 0 aliphatic rings. The van der Waals surface area contributed by atoms with E-state index in [2.05, 4.69) is 9.97 Å². The van der Waals surface area contributed by atoms with Crippen LogP contribution in [0.1, 0.15) is 35.0 Å². The van der Waals surface area contributed by atoms with Crippen LogP contribution in [0.25, 0.3) is 6.08 Å². The third kappa shape index (κ3) is 3.50. The predicted octanol–water partition coefficient (Wildman–Crippen LogP) is 2.70. The summed E-state index contributed by atoms with van der Waals surface area (Å²) in [5, 5.41) is 0. The molecule has 0 aliphatic carbocycles. The lowest BCUT2D eigenvalue weighted by molar-refractivity contribution is 0.103. The van der Waals surface area contributed by atoms with Gasteiger partial charge in [0, 0.05) is 18.0 Å². The largest absolute Gasteiger partial charge is 0.493 e. The van der Waals surface area contributed by atoms with E-state index in [0.717, 1.165) is 6.07 Å². The molecule has 0 amide bonds. The number of halogens is 2. The van der Waals surface area contributed by atoms with Crippen LogP contribution in [0.3, 0.4) is 0 Å². The molecule has 2 aromatic rings. The van der Waals surface area contributed by atoms with Crippen LogP contribution in [0.5, 0.6) is 5.75 Å². The van der Waals surface area contributed by atoms with Gasteiger partial charge in [0.1, 0.15) is 12.1 Å². The van der Waals surface area contributed by atoms with Gasteiger partial charge in [-0.05, 0) is 18.6 Å². The summed E-state index contributed by atoms with van der Waals surface area (Å²) in [7, 11) is 1.20. The van der Waals surface area contributed by atoms with Crippen LogP contribution in [0.4, 0.5) is 8.78 Å². The minimum atomic E-state index is -0.960. The minimum absolute atomic E-state index is 0.0761. The van der Waals surface area contributed by atoms with Crippen LogP contribution in [-0.4, -0.2) is 22.9 Å². The van der Waals surface area contributed by atoms with Crippen LogP contribution in [0.15, 0.2) is 30.4 Å². The summed E-state index contributed by atoms with van der Waals surface area (Å²) < 4.78 is 32.1. The number of aromatic nitrogens is 2. The fourth-order valence-electron chi connectivity index (χ4n) is 1.99. The first-order chi connectivity index (χ1) is 11.0. The number of hydrogen-bond acceptors (Lipinski definition) is 5. The maximum absolute atomic E-state index is 13.8. The fourth-order valence-corrected chi connectivity index (χ4v) is 1.99. The molecule has 120 valence electrons. The standard InChI is InChI=1S/C16H15F2N3O2/c1-3-10(19)6-14-12(7-20-8-21-14)15(22)11-4-9(17)5-13(18)16(11)23-2/h4-8H,3,19H2,1-2H3. The van der Waals surface area contributed by atoms with Crippen molar-refractivity contribution in [3.63, 3.8) is 0 Å². The Labute approximate surface area is 131 Å². The molecule has 1 aromatic heterocycles. The van der Waals surface area contributed by atoms with Crippen LogP contribution >= 0.6 is 0 Å². The maximum atomic E-state index is 13.8. The second-order valence-electron chi connectivity index (χ2n) is 4.69. The summed E-state index contributed by atoms with van der Waals surface area (Å²) in [6, 6.07) is 1.56. The van der Waals surface area contributed by atoms with Crippen LogP contribution < -0.4 is 10.5 Å². The van der Waals surface area contributed by atoms with E-state index in [1.807, 2.05) is 6.92 Å². The normalized spacial score (nSPS) is 11.4. The highest BCUT2D eigenvalue weighted by molar-refractivity contribution is 6.12. The van der Waals surface area contributed by atoms with E-state index < -0.39 is 17.4 Å². The summed E-state index contributed by atoms with van der Waals surface area (Å²) in [6.45, 7) is 1.85. The monoisotopic (exact) mass is 319 g/mol. The topological polar surface area (TPSA) is 78.1 Å². The van der Waals surface area contributed by atoms with Gasteiger partial charge in [-0.3, -0.25) is 4.79 Å².